The van der Waals surface area contributed by atoms with Crippen LogP contribution in [0.25, 0.3) is 0 Å². The average molecular weight is 216 g/mol. The molecule has 0 aliphatic rings. The van der Waals surface area contributed by atoms with E-state index in [1.54, 1.807) is 0 Å². The fourth-order valence-corrected chi connectivity index (χ4v) is 1.69. The molecular weight excluding hydrogens is 202 g/mol. The van der Waals surface area contributed by atoms with Gasteiger partial charge in [-0.15, -0.1) is 0 Å². The smallest absolute Gasteiger partial charge is 0.173 e. The number of hydrogen-bond acceptors (Lipinski definition) is 1. The Labute approximate surface area is 95.6 Å². The van der Waals surface area contributed by atoms with Gasteiger partial charge in [-0.05, 0) is 43.3 Å². The molecule has 2 aromatic carbocycles. The van der Waals surface area contributed by atoms with Crippen molar-refractivity contribution in [2.24, 2.45) is 0 Å². The van der Waals surface area contributed by atoms with Gasteiger partial charge >= 0.3 is 0 Å². The summed E-state index contributed by atoms with van der Waals surface area (Å²) in [5.74, 6) is 0. The van der Waals surface area contributed by atoms with Crippen LogP contribution in [0.5, 0.6) is 0 Å². The van der Waals surface area contributed by atoms with Crippen LogP contribution in [-0.2, 0) is 12.6 Å². The minimum Gasteiger partial charge on any atom is -0.351 e. The maximum absolute atomic E-state index is 3.57. The Kier molecular flexibility index (Phi) is 2.97. The normalized spacial score (nSPS) is 10.0. The molecule has 0 bridgehead atoms. The van der Waals surface area contributed by atoms with Crippen LogP contribution >= 0.6 is 0 Å². The third-order valence-electron chi connectivity index (χ3n) is 2.34. The minimum atomic E-state index is 1.07. The molecule has 0 heterocycles. The summed E-state index contributed by atoms with van der Waals surface area (Å²) in [7, 11) is 0. The average Bonchev–Trinajstić information content (AvgIpc) is 2.24. The molecule has 0 aromatic heterocycles. The predicted molar refractivity (Wildman–Crippen MR) is 69.3 cm³/mol. The molecular formula is C13H14NS+. The predicted octanol–water partition coefficient (Wildman–Crippen LogP) is 3.11. The maximum atomic E-state index is 3.57. The van der Waals surface area contributed by atoms with Crippen molar-refractivity contribution in [3.8, 4) is 0 Å². The fourth-order valence-electron chi connectivity index (χ4n) is 1.45. The first-order valence-electron chi connectivity index (χ1n) is 4.90. The summed E-state index contributed by atoms with van der Waals surface area (Å²) < 4.78 is 0. The second-order valence-electron chi connectivity index (χ2n) is 3.49. The van der Waals surface area contributed by atoms with Crippen molar-refractivity contribution in [3.63, 3.8) is 0 Å². The summed E-state index contributed by atoms with van der Waals surface area (Å²) in [4.78, 5) is 1.07. The highest BCUT2D eigenvalue weighted by molar-refractivity contribution is 7.59. The van der Waals surface area contributed by atoms with Crippen molar-refractivity contribution < 1.29 is 0 Å². The highest BCUT2D eigenvalue weighted by Gasteiger charge is 2.03. The van der Waals surface area contributed by atoms with Crippen LogP contribution in [0.15, 0.2) is 53.4 Å². The van der Waals surface area contributed by atoms with Crippen LogP contribution in [0, 0.1) is 6.92 Å². The largest absolute Gasteiger partial charge is 0.351 e. The van der Waals surface area contributed by atoms with Gasteiger partial charge < -0.3 is 5.32 Å². The van der Waals surface area contributed by atoms with Crippen LogP contribution in [0.1, 0.15) is 5.56 Å². The van der Waals surface area contributed by atoms with Crippen molar-refractivity contribution in [3.05, 3.63) is 54.1 Å². The summed E-state index contributed by atoms with van der Waals surface area (Å²) >= 11 is 3.57. The Morgan fingerprint density at radius 3 is 2.13 bits per heavy atom. The van der Waals surface area contributed by atoms with E-state index < -0.39 is 0 Å². The van der Waals surface area contributed by atoms with Gasteiger partial charge in [0, 0.05) is 5.69 Å². The van der Waals surface area contributed by atoms with E-state index in [1.807, 2.05) is 30.3 Å². The number of hydrogen-bond donors (Lipinski definition) is 1. The Morgan fingerprint density at radius 1 is 0.867 bits per heavy atom. The molecule has 0 atom stereocenters. The molecule has 0 fully saturated rings. The summed E-state index contributed by atoms with van der Waals surface area (Å²) in [5, 5.41) is 3.39. The summed E-state index contributed by atoms with van der Waals surface area (Å²) in [6, 6.07) is 16.3. The van der Waals surface area contributed by atoms with Gasteiger partial charge in [0.2, 0.25) is 0 Å². The van der Waals surface area contributed by atoms with Crippen molar-refractivity contribution in [2.45, 2.75) is 11.8 Å². The van der Waals surface area contributed by atoms with Crippen molar-refractivity contribution in [1.82, 2.24) is 0 Å². The molecule has 1 N–H and O–H groups in total. The molecule has 2 rings (SSSR count). The first-order valence-corrected chi connectivity index (χ1v) is 5.40. The van der Waals surface area contributed by atoms with E-state index in [2.05, 4.69) is 43.1 Å². The standard InChI is InChI=1S/C13H13NS/c1-10-6-2-3-7-11(10)14-12-8-4-5-9-13(12)15/h2-9,14-15H,1H3/p+1. The SMILES string of the molecule is Cc1ccccc1Nc1ccccc1[SH2+]. The lowest BCUT2D eigenvalue weighted by molar-refractivity contribution is 1.38. The van der Waals surface area contributed by atoms with Gasteiger partial charge in [-0.1, -0.05) is 30.3 Å². The fraction of sp³-hybridized carbons (Fsp3) is 0.0769. The third-order valence-corrected chi connectivity index (χ3v) is 2.78. The van der Waals surface area contributed by atoms with E-state index in [9.17, 15) is 0 Å². The Balaban J connectivity index is 2.30. The van der Waals surface area contributed by atoms with Gasteiger partial charge in [0.25, 0.3) is 0 Å². The van der Waals surface area contributed by atoms with Gasteiger partial charge in [-0.25, -0.2) is 0 Å². The van der Waals surface area contributed by atoms with Crippen molar-refractivity contribution >= 4 is 24.0 Å². The summed E-state index contributed by atoms with van der Waals surface area (Å²) in [6.45, 7) is 2.10. The van der Waals surface area contributed by atoms with Gasteiger partial charge in [0.15, 0.2) is 4.90 Å². The van der Waals surface area contributed by atoms with E-state index in [4.69, 9.17) is 0 Å². The minimum absolute atomic E-state index is 1.07. The molecule has 76 valence electrons. The van der Waals surface area contributed by atoms with Crippen molar-refractivity contribution in [1.29, 1.82) is 0 Å². The van der Waals surface area contributed by atoms with Crippen LogP contribution in [0.2, 0.25) is 0 Å². The number of benzene rings is 2. The second-order valence-corrected chi connectivity index (χ2v) is 4.02. The van der Waals surface area contributed by atoms with Gasteiger partial charge in [0.05, 0.1) is 5.69 Å². The molecule has 2 heteroatoms. The summed E-state index contributed by atoms with van der Waals surface area (Å²) in [6.07, 6.45) is 0. The molecule has 0 amide bonds. The van der Waals surface area contributed by atoms with Gasteiger partial charge in [0.1, 0.15) is 0 Å². The molecule has 1 nitrogen and oxygen atoms in total. The first-order chi connectivity index (χ1) is 7.27. The molecule has 0 radical (unpaired) electrons. The molecule has 0 aliphatic heterocycles. The Bertz CT molecular complexity index is 422. The van der Waals surface area contributed by atoms with Crippen LogP contribution in [0.4, 0.5) is 11.4 Å². The molecule has 15 heavy (non-hydrogen) atoms. The van der Waals surface area contributed by atoms with E-state index >= 15 is 0 Å². The summed E-state index contributed by atoms with van der Waals surface area (Å²) in [5.41, 5.74) is 3.47. The monoisotopic (exact) mass is 216 g/mol. The second kappa shape index (κ2) is 4.41. The topological polar surface area (TPSA) is 12.0 Å². The molecule has 0 spiro atoms. The number of para-hydroxylation sites is 2. The van der Waals surface area contributed by atoms with E-state index in [0.717, 1.165) is 16.3 Å². The molecule has 0 aliphatic carbocycles. The molecule has 0 unspecified atom stereocenters. The zero-order valence-electron chi connectivity index (χ0n) is 8.62. The lowest BCUT2D eigenvalue weighted by Crippen LogP contribution is -1.94. The number of nitrogens with one attached hydrogen (secondary N) is 1. The van der Waals surface area contributed by atoms with Crippen LogP contribution in [0.3, 0.4) is 0 Å². The molecule has 0 saturated heterocycles. The van der Waals surface area contributed by atoms with Crippen LogP contribution in [-0.4, -0.2) is 0 Å². The molecule has 0 saturated carbocycles. The zero-order chi connectivity index (χ0) is 10.7. The lowest BCUT2D eigenvalue weighted by atomic mass is 10.2. The quantitative estimate of drug-likeness (QED) is 0.761. The molecule has 2 aromatic rings. The van der Waals surface area contributed by atoms with Crippen molar-refractivity contribution in [2.75, 3.05) is 5.32 Å². The van der Waals surface area contributed by atoms with Gasteiger partial charge in [-0.3, -0.25) is 0 Å². The van der Waals surface area contributed by atoms with E-state index in [1.165, 1.54) is 5.56 Å². The Morgan fingerprint density at radius 2 is 1.47 bits per heavy atom. The number of anilines is 2. The highest BCUT2D eigenvalue weighted by atomic mass is 32.1. The highest BCUT2D eigenvalue weighted by Crippen LogP contribution is 2.22. The maximum Gasteiger partial charge on any atom is 0.173 e. The van der Waals surface area contributed by atoms with E-state index in [0.29, 0.717) is 0 Å². The third kappa shape index (κ3) is 2.34. The Hall–Kier alpha value is -1.41. The van der Waals surface area contributed by atoms with Crippen LogP contribution < -0.4 is 5.32 Å². The van der Waals surface area contributed by atoms with Gasteiger partial charge in [-0.2, -0.15) is 0 Å². The zero-order valence-corrected chi connectivity index (χ0v) is 9.62. The lowest BCUT2D eigenvalue weighted by Gasteiger charge is -2.08. The first kappa shape index (κ1) is 10.1. The number of rotatable bonds is 2. The van der Waals surface area contributed by atoms with E-state index in [-0.39, 0.29) is 0 Å². The number of aryl methyl sites for hydroxylation is 1.